The molecule has 178 valence electrons. The van der Waals surface area contributed by atoms with Crippen molar-refractivity contribution in [1.82, 2.24) is 0 Å². The molecule has 2 N–H and O–H groups in total. The molecule has 6 heteroatoms. The molecule has 3 aromatic rings. The van der Waals surface area contributed by atoms with E-state index >= 15 is 0 Å². The van der Waals surface area contributed by atoms with Gasteiger partial charge in [0.25, 0.3) is 0 Å². The normalized spacial score (nSPS) is 28.1. The van der Waals surface area contributed by atoms with Crippen molar-refractivity contribution in [2.24, 2.45) is 5.73 Å². The lowest BCUT2D eigenvalue weighted by Gasteiger charge is -2.45. The van der Waals surface area contributed by atoms with Gasteiger partial charge in [-0.1, -0.05) is 91.0 Å². The number of hydrogen-bond donors (Lipinski definition) is 1. The number of nitrogens with two attached hydrogens (primary N) is 1. The summed E-state index contributed by atoms with van der Waals surface area (Å²) in [5, 5.41) is 0. The lowest BCUT2D eigenvalue weighted by atomic mass is 9.88. The Morgan fingerprint density at radius 3 is 1.85 bits per heavy atom. The third-order valence-corrected chi connectivity index (χ3v) is 6.37. The summed E-state index contributed by atoms with van der Waals surface area (Å²) in [6, 6.07) is 29.7. The maximum absolute atomic E-state index is 6.57. The van der Waals surface area contributed by atoms with Crippen LogP contribution < -0.4 is 5.73 Å². The highest BCUT2D eigenvalue weighted by Gasteiger charge is 2.60. The number of rotatable bonds is 10. The van der Waals surface area contributed by atoms with Gasteiger partial charge in [-0.3, -0.25) is 0 Å². The Labute approximate surface area is 200 Å². The second-order valence-electron chi connectivity index (χ2n) is 8.90. The van der Waals surface area contributed by atoms with Crippen LogP contribution in [0.2, 0.25) is 0 Å². The smallest absolute Gasteiger partial charge is 0.176 e. The number of hydrogen-bond acceptors (Lipinski definition) is 6. The average molecular weight is 462 g/mol. The van der Waals surface area contributed by atoms with Crippen LogP contribution >= 0.6 is 0 Å². The van der Waals surface area contributed by atoms with Crippen molar-refractivity contribution in [2.75, 3.05) is 13.2 Å². The monoisotopic (exact) mass is 461 g/mol. The van der Waals surface area contributed by atoms with Gasteiger partial charge < -0.3 is 29.4 Å². The molecule has 0 aromatic heterocycles. The van der Waals surface area contributed by atoms with Crippen molar-refractivity contribution in [3.8, 4) is 0 Å². The van der Waals surface area contributed by atoms with Gasteiger partial charge in [-0.15, -0.1) is 0 Å². The fraction of sp³-hybridized carbons (Fsp3) is 0.357. The van der Waals surface area contributed by atoms with Crippen LogP contribution in [0, 0.1) is 0 Å². The largest absolute Gasteiger partial charge is 0.374 e. The van der Waals surface area contributed by atoms with Gasteiger partial charge in [0.1, 0.15) is 17.8 Å². The van der Waals surface area contributed by atoms with Crippen LogP contribution in [0.15, 0.2) is 91.0 Å². The third-order valence-electron chi connectivity index (χ3n) is 6.37. The van der Waals surface area contributed by atoms with Crippen LogP contribution in [0.1, 0.15) is 16.7 Å². The minimum absolute atomic E-state index is 0.315. The summed E-state index contributed by atoms with van der Waals surface area (Å²) < 4.78 is 31.3. The first-order valence-corrected chi connectivity index (χ1v) is 11.7. The molecule has 34 heavy (non-hydrogen) atoms. The van der Waals surface area contributed by atoms with Crippen molar-refractivity contribution < 1.29 is 23.7 Å². The Morgan fingerprint density at radius 2 is 1.26 bits per heavy atom. The minimum atomic E-state index is -0.800. The molecule has 2 bridgehead atoms. The van der Waals surface area contributed by atoms with E-state index in [1.807, 2.05) is 91.0 Å². The summed E-state index contributed by atoms with van der Waals surface area (Å²) in [5.41, 5.74) is 9.01. The van der Waals surface area contributed by atoms with Crippen molar-refractivity contribution in [3.63, 3.8) is 0 Å². The highest BCUT2D eigenvalue weighted by molar-refractivity contribution is 5.16. The third kappa shape index (κ3) is 5.23. The highest BCUT2D eigenvalue weighted by atomic mass is 16.8. The Hall–Kier alpha value is -2.58. The standard InChI is InChI=1S/C28H31NO5/c29-24-25(31-17-22-12-6-2-7-13-22)26(32-18-23-14-8-3-9-15-23)28(20-33-27(24)34-28)19-30-16-21-10-4-1-5-11-21/h1-15,24-27H,16-20,29H2/t24-,25+,26+,27-,28-/m0/s1. The van der Waals surface area contributed by atoms with Crippen LogP contribution in [-0.2, 0) is 43.5 Å². The molecule has 2 heterocycles. The predicted octanol–water partition coefficient (Wildman–Crippen LogP) is 3.83. The molecule has 0 saturated carbocycles. The van der Waals surface area contributed by atoms with Gasteiger partial charge in [0, 0.05) is 0 Å². The summed E-state index contributed by atoms with van der Waals surface area (Å²) in [4.78, 5) is 0. The maximum Gasteiger partial charge on any atom is 0.176 e. The topological polar surface area (TPSA) is 72.2 Å². The molecule has 2 saturated heterocycles. The van der Waals surface area contributed by atoms with Gasteiger partial charge in [0.05, 0.1) is 39.1 Å². The first kappa shape index (κ1) is 23.2. The molecule has 5 rings (SSSR count). The predicted molar refractivity (Wildman–Crippen MR) is 128 cm³/mol. The summed E-state index contributed by atoms with van der Waals surface area (Å²) >= 11 is 0. The Bertz CT molecular complexity index is 1020. The molecule has 0 radical (unpaired) electrons. The Morgan fingerprint density at radius 1 is 0.735 bits per heavy atom. The summed E-state index contributed by atoms with van der Waals surface area (Å²) in [7, 11) is 0. The van der Waals surface area contributed by atoms with E-state index in [1.165, 1.54) is 0 Å². The van der Waals surface area contributed by atoms with E-state index in [0.29, 0.717) is 33.0 Å². The quantitative estimate of drug-likeness (QED) is 0.495. The van der Waals surface area contributed by atoms with Crippen LogP contribution in [0.25, 0.3) is 0 Å². The van der Waals surface area contributed by atoms with E-state index in [9.17, 15) is 0 Å². The van der Waals surface area contributed by atoms with E-state index in [4.69, 9.17) is 29.4 Å². The molecule has 0 unspecified atom stereocenters. The number of ether oxygens (including phenoxy) is 5. The van der Waals surface area contributed by atoms with Crippen molar-refractivity contribution in [3.05, 3.63) is 108 Å². The lowest BCUT2D eigenvalue weighted by molar-refractivity contribution is -0.260. The van der Waals surface area contributed by atoms with Gasteiger partial charge in [-0.25, -0.2) is 0 Å². The SMILES string of the molecule is N[C@@H]1[C@H]2OC[C@](COCc3ccccc3)(O2)[C@H](OCc2ccccc2)[C@@H]1OCc1ccccc1. The lowest BCUT2D eigenvalue weighted by Crippen LogP contribution is -2.66. The second-order valence-corrected chi connectivity index (χ2v) is 8.90. The van der Waals surface area contributed by atoms with Crippen LogP contribution in [0.4, 0.5) is 0 Å². The molecular weight excluding hydrogens is 430 g/mol. The fourth-order valence-electron chi connectivity index (χ4n) is 4.56. The first-order chi connectivity index (χ1) is 16.7. The van der Waals surface area contributed by atoms with Gasteiger partial charge in [0.15, 0.2) is 6.29 Å². The molecule has 2 aliphatic heterocycles. The summed E-state index contributed by atoms with van der Waals surface area (Å²) in [5.74, 6) is 0. The zero-order chi connectivity index (χ0) is 23.2. The highest BCUT2D eigenvalue weighted by Crippen LogP contribution is 2.40. The molecule has 0 spiro atoms. The zero-order valence-corrected chi connectivity index (χ0v) is 19.1. The van der Waals surface area contributed by atoms with Gasteiger partial charge in [-0.2, -0.15) is 0 Å². The number of benzene rings is 3. The van der Waals surface area contributed by atoms with Crippen molar-refractivity contribution in [2.45, 2.75) is 50.0 Å². The zero-order valence-electron chi connectivity index (χ0n) is 19.1. The Balaban J connectivity index is 1.34. The molecule has 0 aliphatic carbocycles. The summed E-state index contributed by atoms with van der Waals surface area (Å²) in [6.07, 6.45) is -1.43. The molecule has 3 aromatic carbocycles. The van der Waals surface area contributed by atoms with E-state index < -0.39 is 30.1 Å². The van der Waals surface area contributed by atoms with Gasteiger partial charge >= 0.3 is 0 Å². The van der Waals surface area contributed by atoms with E-state index in [-0.39, 0.29) is 0 Å². The summed E-state index contributed by atoms with van der Waals surface area (Å²) in [6.45, 7) is 1.97. The fourth-order valence-corrected chi connectivity index (χ4v) is 4.56. The van der Waals surface area contributed by atoms with Crippen LogP contribution in [0.5, 0.6) is 0 Å². The molecule has 2 fully saturated rings. The maximum atomic E-state index is 6.57. The average Bonchev–Trinajstić information content (AvgIpc) is 3.28. The van der Waals surface area contributed by atoms with Crippen LogP contribution in [-0.4, -0.2) is 43.4 Å². The minimum Gasteiger partial charge on any atom is -0.374 e. The first-order valence-electron chi connectivity index (χ1n) is 11.7. The molecule has 0 amide bonds. The van der Waals surface area contributed by atoms with Crippen molar-refractivity contribution >= 4 is 0 Å². The Kier molecular flexibility index (Phi) is 7.35. The van der Waals surface area contributed by atoms with E-state index in [2.05, 4.69) is 0 Å². The second kappa shape index (κ2) is 10.8. The number of fused-ring (bicyclic) bond motifs is 2. The van der Waals surface area contributed by atoms with Gasteiger partial charge in [0.2, 0.25) is 0 Å². The molecule has 2 aliphatic rings. The van der Waals surface area contributed by atoms with E-state index in [1.54, 1.807) is 0 Å². The molecule has 6 nitrogen and oxygen atoms in total. The molecular formula is C28H31NO5. The van der Waals surface area contributed by atoms with Crippen molar-refractivity contribution in [1.29, 1.82) is 0 Å². The van der Waals surface area contributed by atoms with E-state index in [0.717, 1.165) is 16.7 Å². The molecule has 5 atom stereocenters. The van der Waals surface area contributed by atoms with Gasteiger partial charge in [-0.05, 0) is 16.7 Å². The van der Waals surface area contributed by atoms with Crippen LogP contribution in [0.3, 0.4) is 0 Å².